The van der Waals surface area contributed by atoms with E-state index in [9.17, 15) is 9.79 Å². The van der Waals surface area contributed by atoms with Crippen LogP contribution in [0.25, 0.3) is 0 Å². The summed E-state index contributed by atoms with van der Waals surface area (Å²) in [6, 6.07) is 27.4. The van der Waals surface area contributed by atoms with Crippen molar-refractivity contribution in [2.75, 3.05) is 0 Å². The smallest absolute Gasteiger partial charge is 0.850 e. The van der Waals surface area contributed by atoms with Gasteiger partial charge in [0.15, 0.2) is 0 Å². The molecule has 0 saturated carbocycles. The van der Waals surface area contributed by atoms with Crippen molar-refractivity contribution in [1.82, 2.24) is 0 Å². The summed E-state index contributed by atoms with van der Waals surface area (Å²) in [7, 11) is 0. The van der Waals surface area contributed by atoms with E-state index >= 15 is 0 Å². The summed E-state index contributed by atoms with van der Waals surface area (Å²) >= 11 is 7.28. The minimum Gasteiger partial charge on any atom is -0.850 e. The minimum atomic E-state index is -3.72. The van der Waals surface area contributed by atoms with Crippen molar-refractivity contribution in [2.24, 2.45) is 0 Å². The molecule has 158 valence electrons. The van der Waals surface area contributed by atoms with Crippen LogP contribution in [-0.4, -0.2) is 0 Å². The molecular weight excluding hydrogens is 612 g/mol. The van der Waals surface area contributed by atoms with E-state index in [1.807, 2.05) is 36.4 Å². The molecule has 0 fully saturated rings. The fourth-order valence-corrected chi connectivity index (χ4v) is 2.24. The van der Waals surface area contributed by atoms with E-state index in [2.05, 4.69) is 102 Å². The van der Waals surface area contributed by atoms with Gasteiger partial charge in [0.1, 0.15) is 0 Å². The Bertz CT molecular complexity index is 756. The molecule has 0 heterocycles. The molecule has 0 aromatic heterocycles. The molecule has 3 aromatic rings. The van der Waals surface area contributed by atoms with Crippen LogP contribution in [0, 0.1) is 59.7 Å². The second kappa shape index (κ2) is 21.9. The molecule has 0 bridgehead atoms. The van der Waals surface area contributed by atoms with Crippen LogP contribution in [0.15, 0.2) is 54.6 Å². The second-order valence-corrected chi connectivity index (χ2v) is 11.2. The van der Waals surface area contributed by atoms with Crippen molar-refractivity contribution >= 4 is 29.7 Å². The van der Waals surface area contributed by atoms with E-state index in [-0.39, 0.29) is 58.4 Å². The van der Waals surface area contributed by atoms with E-state index in [1.54, 1.807) is 0 Å². The first-order chi connectivity index (χ1) is 13.4. The van der Waals surface area contributed by atoms with Gasteiger partial charge in [-0.25, -0.2) is 0 Å². The Morgan fingerprint density at radius 1 is 0.562 bits per heavy atom. The maximum atomic E-state index is 9.29. The molecule has 0 amide bonds. The zero-order valence-electron chi connectivity index (χ0n) is 19.9. The largest absolute Gasteiger partial charge is 2.00 e. The molecule has 0 aliphatic carbocycles. The third kappa shape index (κ3) is 28.5. The summed E-state index contributed by atoms with van der Waals surface area (Å²) in [6.45, 7) is 12.4. The van der Waals surface area contributed by atoms with Crippen LogP contribution in [-0.2, 0) is 82.5 Å². The summed E-state index contributed by atoms with van der Waals surface area (Å²) in [5, 5.41) is 0. The summed E-state index contributed by atoms with van der Waals surface area (Å²) in [4.78, 5) is 18.6. The number of aryl methyl sites for hydroxylation is 6. The molecule has 0 atom stereocenters. The predicted octanol–water partition coefficient (Wildman–Crippen LogP) is 4.78. The van der Waals surface area contributed by atoms with Crippen LogP contribution < -0.4 is 9.79 Å². The minimum absolute atomic E-state index is 0. The van der Waals surface area contributed by atoms with Crippen molar-refractivity contribution in [3.05, 3.63) is 106 Å². The molecule has 3 aromatic carbocycles. The van der Waals surface area contributed by atoms with Gasteiger partial charge in [0, 0.05) is 0 Å². The quantitative estimate of drug-likeness (QED) is 0.154. The van der Waals surface area contributed by atoms with Crippen LogP contribution >= 0.6 is 5.69 Å². The van der Waals surface area contributed by atoms with Crippen molar-refractivity contribution in [2.45, 2.75) is 41.5 Å². The SMILES string of the molecule is Cc1c[c-]cc(C)c1.Cc1c[c-]cc(C)c1.Cc1c[c-]cc(C)c1.[O-]P([O-])(=S)[S-].[Zn+2].[Zn+2].[Zn+2]. The molecule has 32 heavy (non-hydrogen) atoms. The Labute approximate surface area is 243 Å². The average molecular weight is 639 g/mol. The van der Waals surface area contributed by atoms with Crippen LogP contribution in [0.3, 0.4) is 0 Å². The zero-order chi connectivity index (χ0) is 22.4. The van der Waals surface area contributed by atoms with Crippen LogP contribution in [0.1, 0.15) is 33.4 Å². The van der Waals surface area contributed by atoms with Gasteiger partial charge in [0.05, 0.1) is 0 Å². The molecule has 0 aliphatic heterocycles. The maximum Gasteiger partial charge on any atom is 2.00 e. The maximum absolute atomic E-state index is 9.29. The summed E-state index contributed by atoms with van der Waals surface area (Å²) < 4.78 is 0. The monoisotopic (exact) mass is 634 g/mol. The van der Waals surface area contributed by atoms with Crippen molar-refractivity contribution in [3.8, 4) is 0 Å². The summed E-state index contributed by atoms with van der Waals surface area (Å²) in [5.41, 5.74) is 3.97. The Kier molecular flexibility index (Phi) is 27.2. The van der Waals surface area contributed by atoms with Crippen LogP contribution in [0.4, 0.5) is 0 Å². The van der Waals surface area contributed by atoms with Gasteiger partial charge in [0.2, 0.25) is 0 Å². The van der Waals surface area contributed by atoms with Gasteiger partial charge in [-0.1, -0.05) is 41.5 Å². The third-order valence-electron chi connectivity index (χ3n) is 3.23. The Morgan fingerprint density at radius 3 is 0.750 bits per heavy atom. The molecule has 0 saturated heterocycles. The Balaban J connectivity index is -0.000000161. The van der Waals surface area contributed by atoms with Gasteiger partial charge in [-0.15, -0.1) is 0 Å². The first-order valence-electron chi connectivity index (χ1n) is 8.93. The van der Waals surface area contributed by atoms with E-state index in [0.29, 0.717) is 0 Å². The normalized spacial score (nSPS) is 8.78. The second-order valence-electron chi connectivity index (χ2n) is 6.71. The van der Waals surface area contributed by atoms with E-state index in [1.165, 1.54) is 33.4 Å². The molecule has 3 rings (SSSR count). The fourth-order valence-electron chi connectivity index (χ4n) is 2.24. The standard InChI is InChI=1S/3C8H9.H3O2PS2.3Zn/c3*1-7-4-3-5-8(2)6-7;1-3(2,4)5;;;/h3*4-6H,1-2H3;(H3,1,2,4,5);;;/q3*-1;;3*+2/p-3. The molecule has 0 N–H and O–H groups in total. The average Bonchev–Trinajstić information content (AvgIpc) is 2.53. The molecule has 8 heteroatoms. The van der Waals surface area contributed by atoms with Crippen molar-refractivity contribution < 1.29 is 68.2 Å². The van der Waals surface area contributed by atoms with Gasteiger partial charge in [-0.2, -0.15) is 118 Å². The number of rotatable bonds is 0. The van der Waals surface area contributed by atoms with E-state index < -0.39 is 5.69 Å². The van der Waals surface area contributed by atoms with Crippen molar-refractivity contribution in [1.29, 1.82) is 0 Å². The number of benzene rings is 3. The number of hydrogen-bond donors (Lipinski definition) is 0. The van der Waals surface area contributed by atoms with Gasteiger partial charge in [-0.05, 0) is 0 Å². The van der Waals surface area contributed by atoms with Crippen LogP contribution in [0.2, 0.25) is 0 Å². The van der Waals surface area contributed by atoms with E-state index in [0.717, 1.165) is 0 Å². The topological polar surface area (TPSA) is 46.1 Å². The van der Waals surface area contributed by atoms with Gasteiger partial charge in [-0.3, -0.25) is 0 Å². The van der Waals surface area contributed by atoms with Crippen LogP contribution in [0.5, 0.6) is 0 Å². The van der Waals surface area contributed by atoms with Gasteiger partial charge < -0.3 is 27.7 Å². The zero-order valence-corrected chi connectivity index (χ0v) is 31.3. The van der Waals surface area contributed by atoms with Gasteiger partial charge >= 0.3 is 58.4 Å². The molecule has 0 radical (unpaired) electrons. The molecular formula is C24H27O2PS2Zn3. The fraction of sp³-hybridized carbons (Fsp3) is 0.250. The molecule has 2 nitrogen and oxygen atoms in total. The third-order valence-corrected chi connectivity index (χ3v) is 3.23. The first-order valence-corrected chi connectivity index (χ1v) is 12.6. The summed E-state index contributed by atoms with van der Waals surface area (Å²) in [6.07, 6.45) is 0. The number of hydrogen-bond acceptors (Lipinski definition) is 4. The Morgan fingerprint density at radius 2 is 0.688 bits per heavy atom. The molecule has 0 aliphatic rings. The predicted molar refractivity (Wildman–Crippen MR) is 126 cm³/mol. The van der Waals surface area contributed by atoms with Gasteiger partial charge in [0.25, 0.3) is 0 Å². The Hall–Kier alpha value is 0.450. The molecule has 0 unspecified atom stereocenters. The molecule has 0 spiro atoms. The summed E-state index contributed by atoms with van der Waals surface area (Å²) in [5.74, 6) is 0. The van der Waals surface area contributed by atoms with E-state index in [4.69, 9.17) is 0 Å². The first kappa shape index (κ1) is 39.7. The van der Waals surface area contributed by atoms with Crippen molar-refractivity contribution in [3.63, 3.8) is 0 Å².